The summed E-state index contributed by atoms with van der Waals surface area (Å²) in [6.45, 7) is 18.0. The van der Waals surface area contributed by atoms with Crippen molar-refractivity contribution >= 4 is 21.8 Å². The van der Waals surface area contributed by atoms with E-state index in [2.05, 4.69) is 145 Å². The molecule has 5 heteroatoms. The number of rotatable bonds is 10. The molecule has 0 saturated heterocycles. The number of aryl methyl sites for hydroxylation is 2. The second-order valence-electron chi connectivity index (χ2n) is 16.8. The summed E-state index contributed by atoms with van der Waals surface area (Å²) in [5.74, 6) is 2.47. The highest BCUT2D eigenvalue weighted by atomic mass is 16.5. The Hall–Kier alpha value is -5.16. The molecule has 3 heterocycles. The summed E-state index contributed by atoms with van der Waals surface area (Å²) in [5, 5.41) is 7.39. The molecule has 4 aromatic carbocycles. The molecule has 0 aliphatic rings. The van der Waals surface area contributed by atoms with Gasteiger partial charge in [0, 0.05) is 40.4 Å². The average molecular weight is 689 g/mol. The molecule has 0 N–H and O–H groups in total. The number of fused-ring (bicyclic) bond motifs is 3. The molecule has 0 aliphatic heterocycles. The summed E-state index contributed by atoms with van der Waals surface area (Å²) in [4.78, 5) is 4.93. The highest BCUT2D eigenvalue weighted by molar-refractivity contribution is 6.09. The predicted octanol–water partition coefficient (Wildman–Crippen LogP) is 12.8. The maximum absolute atomic E-state index is 6.63. The van der Waals surface area contributed by atoms with E-state index in [0.29, 0.717) is 5.41 Å². The monoisotopic (exact) mass is 688 g/mol. The van der Waals surface area contributed by atoms with Crippen LogP contribution in [0.4, 0.5) is 0 Å². The molecule has 7 aromatic rings. The van der Waals surface area contributed by atoms with Gasteiger partial charge in [-0.15, -0.1) is 0 Å². The Morgan fingerprint density at radius 2 is 1.44 bits per heavy atom. The highest BCUT2D eigenvalue weighted by Gasteiger charge is 2.19. The maximum Gasteiger partial charge on any atom is 0.137 e. The maximum atomic E-state index is 6.63. The van der Waals surface area contributed by atoms with E-state index in [1.165, 1.54) is 52.3 Å². The lowest BCUT2D eigenvalue weighted by molar-refractivity contribution is 0.360. The van der Waals surface area contributed by atoms with Gasteiger partial charge in [0.2, 0.25) is 0 Å². The quantitative estimate of drug-likeness (QED) is 0.134. The fourth-order valence-corrected chi connectivity index (χ4v) is 7.53. The Kier molecular flexibility index (Phi) is 9.56. The van der Waals surface area contributed by atoms with Crippen molar-refractivity contribution in [1.29, 1.82) is 0 Å². The minimum absolute atomic E-state index is 0.174. The van der Waals surface area contributed by atoms with E-state index in [1.54, 1.807) is 0 Å². The van der Waals surface area contributed by atoms with Gasteiger partial charge in [-0.25, -0.2) is 9.67 Å². The van der Waals surface area contributed by atoms with Gasteiger partial charge in [0.25, 0.3) is 0 Å². The Labute approximate surface area is 309 Å². The van der Waals surface area contributed by atoms with Gasteiger partial charge in [0.05, 0.1) is 22.4 Å². The molecule has 7 rings (SSSR count). The first-order valence-electron chi connectivity index (χ1n) is 18.8. The van der Waals surface area contributed by atoms with Crippen molar-refractivity contribution in [1.82, 2.24) is 19.3 Å². The molecule has 0 aliphatic carbocycles. The Balaban J connectivity index is 1.26. The summed E-state index contributed by atoms with van der Waals surface area (Å²) in [5.41, 5.74) is 10.9. The first-order valence-corrected chi connectivity index (χ1v) is 18.8. The molecule has 0 saturated carbocycles. The number of ether oxygens (including phenoxy) is 1. The zero-order valence-electron chi connectivity index (χ0n) is 32.1. The number of nitrogens with zero attached hydrogens (tertiary/aromatic N) is 4. The van der Waals surface area contributed by atoms with Crippen LogP contribution in [0.3, 0.4) is 0 Å². The second-order valence-corrected chi connectivity index (χ2v) is 16.8. The van der Waals surface area contributed by atoms with E-state index >= 15 is 0 Å². The Morgan fingerprint density at radius 1 is 0.654 bits per heavy atom. The van der Waals surface area contributed by atoms with Gasteiger partial charge in [-0.2, -0.15) is 5.10 Å². The van der Waals surface area contributed by atoms with Crippen molar-refractivity contribution in [2.24, 2.45) is 10.8 Å². The average Bonchev–Trinajstić information content (AvgIpc) is 3.58. The molecule has 3 aromatic heterocycles. The van der Waals surface area contributed by atoms with Gasteiger partial charge in [-0.3, -0.25) is 4.57 Å². The lowest BCUT2D eigenvalue weighted by atomic mass is 9.88. The van der Waals surface area contributed by atoms with E-state index in [0.717, 1.165) is 58.3 Å². The SMILES string of the molecule is Cc1nn(-c2cccc(Oc3ccc4c5cc(CCCCC(C)(C)C)ccc5n(-c5cc(CC(C)(C)C)ccn5)c4c3)c2)c(C)c1-c1ccccc1. The van der Waals surface area contributed by atoms with Crippen molar-refractivity contribution in [3.05, 3.63) is 132 Å². The summed E-state index contributed by atoms with van der Waals surface area (Å²) < 4.78 is 11.0. The topological polar surface area (TPSA) is 44.9 Å². The summed E-state index contributed by atoms with van der Waals surface area (Å²) >= 11 is 0. The van der Waals surface area contributed by atoms with Crippen LogP contribution in [-0.4, -0.2) is 19.3 Å². The number of pyridine rings is 1. The van der Waals surface area contributed by atoms with E-state index < -0.39 is 0 Å². The van der Waals surface area contributed by atoms with Crippen molar-refractivity contribution in [2.75, 3.05) is 0 Å². The molecule has 0 radical (unpaired) electrons. The van der Waals surface area contributed by atoms with E-state index in [-0.39, 0.29) is 5.41 Å². The van der Waals surface area contributed by atoms with Crippen molar-refractivity contribution < 1.29 is 4.74 Å². The molecule has 0 spiro atoms. The van der Waals surface area contributed by atoms with Crippen LogP contribution in [0, 0.1) is 24.7 Å². The molecule has 266 valence electrons. The molecule has 52 heavy (non-hydrogen) atoms. The van der Waals surface area contributed by atoms with Gasteiger partial charge >= 0.3 is 0 Å². The molecule has 0 atom stereocenters. The van der Waals surface area contributed by atoms with Crippen LogP contribution in [0.5, 0.6) is 11.5 Å². The molecule has 0 bridgehead atoms. The largest absolute Gasteiger partial charge is 0.457 e. The van der Waals surface area contributed by atoms with Crippen molar-refractivity contribution in [3.8, 4) is 34.1 Å². The van der Waals surface area contributed by atoms with Crippen LogP contribution >= 0.6 is 0 Å². The number of benzene rings is 4. The minimum atomic E-state index is 0.174. The number of hydrogen-bond acceptors (Lipinski definition) is 3. The second kappa shape index (κ2) is 14.1. The molecular formula is C47H52N4O. The zero-order valence-corrected chi connectivity index (χ0v) is 32.1. The van der Waals surface area contributed by atoms with Crippen LogP contribution < -0.4 is 4.74 Å². The molecular weight excluding hydrogens is 637 g/mol. The first kappa shape index (κ1) is 35.3. The first-order chi connectivity index (χ1) is 24.8. The fourth-order valence-electron chi connectivity index (χ4n) is 7.53. The van der Waals surface area contributed by atoms with Gasteiger partial charge < -0.3 is 4.74 Å². The summed E-state index contributed by atoms with van der Waals surface area (Å²) in [6, 6.07) is 36.5. The third-order valence-electron chi connectivity index (χ3n) is 9.87. The number of aromatic nitrogens is 4. The van der Waals surface area contributed by atoms with Gasteiger partial charge in [-0.05, 0) is 116 Å². The van der Waals surface area contributed by atoms with E-state index in [1.807, 2.05) is 29.1 Å². The molecule has 0 fully saturated rings. The lowest BCUT2D eigenvalue weighted by Gasteiger charge is -2.18. The van der Waals surface area contributed by atoms with Crippen LogP contribution in [0.15, 0.2) is 109 Å². The third-order valence-corrected chi connectivity index (χ3v) is 9.87. The number of unbranched alkanes of at least 4 members (excludes halogenated alkanes) is 1. The van der Waals surface area contributed by atoms with Gasteiger partial charge in [0.1, 0.15) is 17.3 Å². The zero-order chi connectivity index (χ0) is 36.6. The highest BCUT2D eigenvalue weighted by Crippen LogP contribution is 2.37. The van der Waals surface area contributed by atoms with Crippen LogP contribution in [0.1, 0.15) is 83.3 Å². The van der Waals surface area contributed by atoms with Crippen molar-refractivity contribution in [3.63, 3.8) is 0 Å². The van der Waals surface area contributed by atoms with Crippen LogP contribution in [-0.2, 0) is 12.8 Å². The summed E-state index contributed by atoms with van der Waals surface area (Å²) in [7, 11) is 0. The van der Waals surface area contributed by atoms with Crippen LogP contribution in [0.25, 0.3) is 44.4 Å². The smallest absolute Gasteiger partial charge is 0.137 e. The fraction of sp³-hybridized carbons (Fsp3) is 0.319. The Bertz CT molecular complexity index is 2350. The summed E-state index contributed by atoms with van der Waals surface area (Å²) in [6.07, 6.45) is 7.69. The predicted molar refractivity (Wildman–Crippen MR) is 217 cm³/mol. The standard InChI is InChI=1S/C47H52N4O/c1-32-45(36-16-10-9-11-17-36)33(2)51(49-32)37-18-14-19-38(29-37)52-39-21-22-40-41-27-34(15-12-13-25-46(3,4)5)20-23-42(41)50(43(40)30-39)44-28-35(24-26-48-44)31-47(6,7)8/h9-11,14,16-24,26-30H,12-13,15,25,31H2,1-8H3. The van der Waals surface area contributed by atoms with E-state index in [4.69, 9.17) is 14.8 Å². The molecule has 0 unspecified atom stereocenters. The van der Waals surface area contributed by atoms with Gasteiger partial charge in [0.15, 0.2) is 0 Å². The molecule has 5 nitrogen and oxygen atoms in total. The third kappa shape index (κ3) is 7.69. The number of hydrogen-bond donors (Lipinski definition) is 0. The van der Waals surface area contributed by atoms with Gasteiger partial charge in [-0.1, -0.05) is 90.4 Å². The lowest BCUT2D eigenvalue weighted by Crippen LogP contribution is -2.10. The van der Waals surface area contributed by atoms with Crippen molar-refractivity contribution in [2.45, 2.75) is 87.5 Å². The van der Waals surface area contributed by atoms with E-state index in [9.17, 15) is 0 Å². The Morgan fingerprint density at radius 3 is 2.21 bits per heavy atom. The molecule has 0 amide bonds. The minimum Gasteiger partial charge on any atom is -0.457 e. The van der Waals surface area contributed by atoms with Crippen LogP contribution in [0.2, 0.25) is 0 Å². The normalized spacial score (nSPS) is 12.2.